The Balaban J connectivity index is 1.20. The van der Waals surface area contributed by atoms with Crippen LogP contribution in [-0.2, 0) is 10.3 Å². The van der Waals surface area contributed by atoms with Crippen LogP contribution in [0.5, 0.6) is 0 Å². The van der Waals surface area contributed by atoms with Crippen molar-refractivity contribution in [2.75, 3.05) is 0 Å². The molecule has 0 spiro atoms. The molecule has 0 aliphatic heterocycles. The SMILES string of the molecule is O=C(NC12CC3CC(CC(C3)C1)C2)C12C[C@H]3C[C@H](C1)CC(n1cnc(Cl)n1)(C3)C2. The Morgan fingerprint density at radius 2 is 1.52 bits per heavy atom. The van der Waals surface area contributed by atoms with Gasteiger partial charge in [-0.3, -0.25) is 4.79 Å². The predicted molar refractivity (Wildman–Crippen MR) is 109 cm³/mol. The van der Waals surface area contributed by atoms with Crippen molar-refractivity contribution in [3.63, 3.8) is 0 Å². The fraction of sp³-hybridized carbons (Fsp3) is 0.870. The van der Waals surface area contributed by atoms with E-state index in [-0.39, 0.29) is 16.5 Å². The van der Waals surface area contributed by atoms with Gasteiger partial charge in [0.1, 0.15) is 6.33 Å². The number of halogens is 1. The van der Waals surface area contributed by atoms with E-state index in [1.54, 1.807) is 6.33 Å². The maximum atomic E-state index is 14.0. The third-order valence-corrected chi connectivity index (χ3v) is 10.1. The van der Waals surface area contributed by atoms with Gasteiger partial charge in [-0.05, 0) is 118 Å². The van der Waals surface area contributed by atoms with Crippen molar-refractivity contribution in [1.82, 2.24) is 20.1 Å². The van der Waals surface area contributed by atoms with Gasteiger partial charge >= 0.3 is 0 Å². The highest BCUT2D eigenvalue weighted by Crippen LogP contribution is 2.65. The summed E-state index contributed by atoms with van der Waals surface area (Å²) in [4.78, 5) is 18.2. The molecule has 156 valence electrons. The summed E-state index contributed by atoms with van der Waals surface area (Å²) < 4.78 is 2.03. The topological polar surface area (TPSA) is 59.8 Å². The van der Waals surface area contributed by atoms with Crippen molar-refractivity contribution < 1.29 is 4.79 Å². The minimum absolute atomic E-state index is 0.0525. The van der Waals surface area contributed by atoms with E-state index in [4.69, 9.17) is 11.6 Å². The Labute approximate surface area is 177 Å². The number of amides is 1. The molecule has 1 heterocycles. The zero-order valence-electron chi connectivity index (χ0n) is 17.1. The van der Waals surface area contributed by atoms with Crippen LogP contribution in [-0.4, -0.2) is 26.2 Å². The Kier molecular flexibility index (Phi) is 3.38. The summed E-state index contributed by atoms with van der Waals surface area (Å²) in [6, 6.07) is 0. The van der Waals surface area contributed by atoms with E-state index in [1.807, 2.05) is 4.68 Å². The van der Waals surface area contributed by atoms with E-state index in [2.05, 4.69) is 15.4 Å². The van der Waals surface area contributed by atoms with Crippen molar-refractivity contribution in [3.8, 4) is 0 Å². The molecule has 1 amide bonds. The number of carbonyl (C=O) groups is 1. The molecule has 0 unspecified atom stereocenters. The summed E-state index contributed by atoms with van der Waals surface area (Å²) in [5.41, 5.74) is -0.145. The molecule has 0 radical (unpaired) electrons. The molecular weight excluding hydrogens is 384 g/mol. The fourth-order valence-corrected chi connectivity index (χ4v) is 9.98. The van der Waals surface area contributed by atoms with Crippen molar-refractivity contribution >= 4 is 17.5 Å². The summed E-state index contributed by atoms with van der Waals surface area (Å²) in [6.45, 7) is 0. The zero-order valence-corrected chi connectivity index (χ0v) is 17.8. The summed E-state index contributed by atoms with van der Waals surface area (Å²) >= 11 is 6.08. The average molecular weight is 415 g/mol. The molecule has 6 heteroatoms. The highest BCUT2D eigenvalue weighted by Gasteiger charge is 2.63. The quantitative estimate of drug-likeness (QED) is 0.801. The molecular formula is C23H31ClN4O. The van der Waals surface area contributed by atoms with E-state index in [9.17, 15) is 4.79 Å². The van der Waals surface area contributed by atoms with Crippen LogP contribution in [0.2, 0.25) is 5.28 Å². The van der Waals surface area contributed by atoms with Gasteiger partial charge in [-0.2, -0.15) is 0 Å². The lowest BCUT2D eigenvalue weighted by Crippen LogP contribution is -2.66. The van der Waals surface area contributed by atoms with Gasteiger partial charge in [0.25, 0.3) is 0 Å². The number of rotatable bonds is 3. The molecule has 8 aliphatic carbocycles. The third kappa shape index (κ3) is 2.49. The number of aromatic nitrogens is 3. The molecule has 0 aromatic carbocycles. The molecule has 5 nitrogen and oxygen atoms in total. The van der Waals surface area contributed by atoms with Crippen LogP contribution < -0.4 is 5.32 Å². The molecule has 1 aromatic heterocycles. The Bertz CT molecular complexity index is 829. The van der Waals surface area contributed by atoms with Crippen molar-refractivity contribution in [2.45, 2.75) is 88.1 Å². The Morgan fingerprint density at radius 3 is 2.07 bits per heavy atom. The second kappa shape index (κ2) is 5.57. The van der Waals surface area contributed by atoms with Gasteiger partial charge in [0, 0.05) is 5.54 Å². The van der Waals surface area contributed by atoms with E-state index in [0.29, 0.717) is 23.0 Å². The maximum absolute atomic E-state index is 14.0. The summed E-state index contributed by atoms with van der Waals surface area (Å²) in [7, 11) is 0. The van der Waals surface area contributed by atoms with E-state index < -0.39 is 0 Å². The van der Waals surface area contributed by atoms with Gasteiger partial charge in [0.05, 0.1) is 11.0 Å². The molecule has 8 saturated carbocycles. The van der Waals surface area contributed by atoms with Crippen LogP contribution in [0.25, 0.3) is 0 Å². The number of nitrogens with one attached hydrogen (secondary N) is 1. The molecule has 1 aromatic rings. The lowest BCUT2D eigenvalue weighted by atomic mass is 9.46. The second-order valence-corrected chi connectivity index (χ2v) is 12.4. The van der Waals surface area contributed by atoms with Crippen LogP contribution in [0.3, 0.4) is 0 Å². The molecule has 29 heavy (non-hydrogen) atoms. The first-order valence-corrected chi connectivity index (χ1v) is 12.2. The van der Waals surface area contributed by atoms with Crippen molar-refractivity contribution in [2.24, 2.45) is 35.0 Å². The standard InChI is InChI=1S/C23H31ClN4O/c24-20-25-13-28(27-20)23-10-17-4-18(11-23)6-21(5-17,12-23)19(29)26-22-7-14-1-15(8-22)3-16(2-14)9-22/h13-18H,1-12H2,(H,26,29)/t14?,15?,16?,17-,18-,21?,22?,23?/m1/s1. The molecule has 8 bridgehead atoms. The Hall–Kier alpha value is -1.10. The van der Waals surface area contributed by atoms with Gasteiger partial charge in [-0.15, -0.1) is 5.10 Å². The smallest absolute Gasteiger partial charge is 0.242 e. The third-order valence-electron chi connectivity index (χ3n) is 9.88. The monoisotopic (exact) mass is 414 g/mol. The normalized spacial score (nSPS) is 51.6. The van der Waals surface area contributed by atoms with E-state index >= 15 is 0 Å². The van der Waals surface area contributed by atoms with Gasteiger partial charge in [-0.1, -0.05) is 0 Å². The molecule has 8 fully saturated rings. The minimum Gasteiger partial charge on any atom is -0.350 e. The lowest BCUT2D eigenvalue weighted by molar-refractivity contribution is -0.161. The number of hydrogen-bond acceptors (Lipinski definition) is 3. The Morgan fingerprint density at radius 1 is 0.931 bits per heavy atom. The summed E-state index contributed by atoms with van der Waals surface area (Å²) in [5, 5.41) is 8.58. The lowest BCUT2D eigenvalue weighted by Gasteiger charge is -2.62. The van der Waals surface area contributed by atoms with Crippen molar-refractivity contribution in [1.29, 1.82) is 0 Å². The van der Waals surface area contributed by atoms with E-state index in [1.165, 1.54) is 44.9 Å². The molecule has 0 saturated heterocycles. The first-order valence-electron chi connectivity index (χ1n) is 11.8. The second-order valence-electron chi connectivity index (χ2n) is 12.1. The predicted octanol–water partition coefficient (Wildman–Crippen LogP) is 4.31. The average Bonchev–Trinajstić information content (AvgIpc) is 3.06. The van der Waals surface area contributed by atoms with E-state index in [0.717, 1.165) is 49.9 Å². The highest BCUT2D eigenvalue weighted by atomic mass is 35.5. The highest BCUT2D eigenvalue weighted by molar-refractivity contribution is 6.28. The number of carbonyl (C=O) groups excluding carboxylic acids is 1. The van der Waals surface area contributed by atoms with Crippen LogP contribution in [0, 0.1) is 35.0 Å². The molecule has 9 rings (SSSR count). The molecule has 2 atom stereocenters. The summed E-state index contributed by atoms with van der Waals surface area (Å²) in [6.07, 6.45) is 16.4. The van der Waals surface area contributed by atoms with Gasteiger partial charge in [-0.25, -0.2) is 9.67 Å². The number of hydrogen-bond donors (Lipinski definition) is 1. The maximum Gasteiger partial charge on any atom is 0.242 e. The van der Waals surface area contributed by atoms with Crippen LogP contribution in [0.4, 0.5) is 0 Å². The minimum atomic E-state index is -0.203. The van der Waals surface area contributed by atoms with Crippen molar-refractivity contribution in [3.05, 3.63) is 11.6 Å². The largest absolute Gasteiger partial charge is 0.350 e. The molecule has 8 aliphatic rings. The van der Waals surface area contributed by atoms with Gasteiger partial charge < -0.3 is 5.32 Å². The first kappa shape index (κ1) is 17.6. The molecule has 1 N–H and O–H groups in total. The summed E-state index contributed by atoms with van der Waals surface area (Å²) in [5.74, 6) is 4.25. The van der Waals surface area contributed by atoms with Crippen LogP contribution in [0.15, 0.2) is 6.33 Å². The fourth-order valence-electron chi connectivity index (χ4n) is 9.86. The van der Waals surface area contributed by atoms with Gasteiger partial charge in [0.2, 0.25) is 11.2 Å². The van der Waals surface area contributed by atoms with Gasteiger partial charge in [0.15, 0.2) is 0 Å². The zero-order chi connectivity index (χ0) is 19.4. The van der Waals surface area contributed by atoms with Crippen LogP contribution >= 0.6 is 11.6 Å². The number of nitrogens with zero attached hydrogens (tertiary/aromatic N) is 3. The first-order chi connectivity index (χ1) is 13.9. The van der Waals surface area contributed by atoms with Crippen LogP contribution in [0.1, 0.15) is 77.0 Å².